The van der Waals surface area contributed by atoms with Crippen LogP contribution < -0.4 is 5.32 Å². The van der Waals surface area contributed by atoms with Crippen LogP contribution in [0.4, 0.5) is 10.1 Å². The summed E-state index contributed by atoms with van der Waals surface area (Å²) < 4.78 is 25.7. The second-order valence-electron chi connectivity index (χ2n) is 4.62. The fourth-order valence-electron chi connectivity index (χ4n) is 1.78. The first-order chi connectivity index (χ1) is 10.1. The van der Waals surface area contributed by atoms with E-state index in [0.29, 0.717) is 5.75 Å². The lowest BCUT2D eigenvalue weighted by Gasteiger charge is -2.12. The summed E-state index contributed by atoms with van der Waals surface area (Å²) in [5.41, 5.74) is 1.01. The van der Waals surface area contributed by atoms with E-state index in [2.05, 4.69) is 5.32 Å². The number of halogens is 1. The summed E-state index contributed by atoms with van der Waals surface area (Å²) in [4.78, 5) is 12.0. The minimum atomic E-state index is -1.36. The van der Waals surface area contributed by atoms with E-state index in [1.54, 1.807) is 19.1 Å². The van der Waals surface area contributed by atoms with Crippen molar-refractivity contribution in [2.45, 2.75) is 17.9 Å². The van der Waals surface area contributed by atoms with Crippen molar-refractivity contribution in [1.82, 2.24) is 0 Å². The number of carbonyl (C=O) groups excluding carboxylic acids is 1. The Hall–Kier alpha value is -2.01. The van der Waals surface area contributed by atoms with Gasteiger partial charge in [-0.25, -0.2) is 4.39 Å². The Balaban J connectivity index is 1.99. The molecule has 0 aliphatic carbocycles. The second-order valence-corrected chi connectivity index (χ2v) is 6.38. The van der Waals surface area contributed by atoms with Crippen molar-refractivity contribution < 1.29 is 13.4 Å². The average molecular weight is 305 g/mol. The van der Waals surface area contributed by atoms with Crippen molar-refractivity contribution >= 4 is 22.4 Å². The molecule has 0 bridgehead atoms. The van der Waals surface area contributed by atoms with Crippen LogP contribution in [0, 0.1) is 5.82 Å². The van der Waals surface area contributed by atoms with Crippen molar-refractivity contribution in [1.29, 1.82) is 0 Å². The van der Waals surface area contributed by atoms with Gasteiger partial charge in [0.2, 0.25) is 5.91 Å². The monoisotopic (exact) mass is 305 g/mol. The summed E-state index contributed by atoms with van der Waals surface area (Å²) in [5.74, 6) is -0.659. The minimum Gasteiger partial charge on any atom is -0.323 e. The van der Waals surface area contributed by atoms with Crippen molar-refractivity contribution in [2.75, 3.05) is 5.32 Å². The molecule has 0 aliphatic rings. The summed E-state index contributed by atoms with van der Waals surface area (Å²) in [6.45, 7) is 1.58. The third-order valence-electron chi connectivity index (χ3n) is 3.05. The molecular formula is C16H16FNO2S. The van der Waals surface area contributed by atoms with Gasteiger partial charge in [0.25, 0.3) is 0 Å². The second kappa shape index (κ2) is 7.13. The Labute approximate surface area is 125 Å². The van der Waals surface area contributed by atoms with E-state index in [4.69, 9.17) is 0 Å². The Morgan fingerprint density at radius 2 is 1.76 bits per heavy atom. The SMILES string of the molecule is CC(C(=O)Nc1ccccc1F)S(=O)Cc1ccccc1. The van der Waals surface area contributed by atoms with Gasteiger partial charge in [-0.2, -0.15) is 0 Å². The van der Waals surface area contributed by atoms with Crippen molar-refractivity contribution in [3.63, 3.8) is 0 Å². The summed E-state index contributed by atoms with van der Waals surface area (Å²) in [7, 11) is -1.36. The van der Waals surface area contributed by atoms with E-state index in [1.807, 2.05) is 30.3 Å². The number of benzene rings is 2. The van der Waals surface area contributed by atoms with Crippen LogP contribution in [-0.4, -0.2) is 15.4 Å². The van der Waals surface area contributed by atoms with Crippen LogP contribution in [0.5, 0.6) is 0 Å². The predicted molar refractivity (Wildman–Crippen MR) is 82.8 cm³/mol. The summed E-state index contributed by atoms with van der Waals surface area (Å²) in [6, 6.07) is 15.2. The number of amides is 1. The lowest BCUT2D eigenvalue weighted by atomic mass is 10.2. The van der Waals surface area contributed by atoms with Gasteiger partial charge in [-0.15, -0.1) is 0 Å². The average Bonchev–Trinajstić information content (AvgIpc) is 2.49. The number of para-hydroxylation sites is 1. The zero-order chi connectivity index (χ0) is 15.2. The Morgan fingerprint density at radius 1 is 1.14 bits per heavy atom. The van der Waals surface area contributed by atoms with Gasteiger partial charge < -0.3 is 5.32 Å². The first kappa shape index (κ1) is 15.4. The van der Waals surface area contributed by atoms with Crippen LogP contribution in [0.15, 0.2) is 54.6 Å². The molecule has 1 amide bonds. The lowest BCUT2D eigenvalue weighted by molar-refractivity contribution is -0.115. The van der Waals surface area contributed by atoms with E-state index in [9.17, 15) is 13.4 Å². The van der Waals surface area contributed by atoms with Gasteiger partial charge in [-0.05, 0) is 24.6 Å². The first-order valence-corrected chi connectivity index (χ1v) is 7.92. The minimum absolute atomic E-state index is 0.103. The fourth-order valence-corrected chi connectivity index (χ4v) is 2.85. The van der Waals surface area contributed by atoms with Crippen LogP contribution in [0.3, 0.4) is 0 Å². The van der Waals surface area contributed by atoms with Gasteiger partial charge in [0.1, 0.15) is 11.1 Å². The summed E-state index contributed by atoms with van der Waals surface area (Å²) in [6.07, 6.45) is 0. The van der Waals surface area contributed by atoms with E-state index in [1.165, 1.54) is 12.1 Å². The third kappa shape index (κ3) is 4.23. The molecular weight excluding hydrogens is 289 g/mol. The Kier molecular flexibility index (Phi) is 5.22. The van der Waals surface area contributed by atoms with Crippen LogP contribution in [-0.2, 0) is 21.3 Å². The molecule has 0 radical (unpaired) electrons. The highest BCUT2D eigenvalue weighted by molar-refractivity contribution is 7.85. The van der Waals surface area contributed by atoms with Crippen LogP contribution in [0.1, 0.15) is 12.5 Å². The molecule has 0 saturated carbocycles. The normalized spacial score (nSPS) is 13.4. The fraction of sp³-hybridized carbons (Fsp3) is 0.188. The molecule has 0 aromatic heterocycles. The zero-order valence-electron chi connectivity index (χ0n) is 11.6. The Morgan fingerprint density at radius 3 is 2.43 bits per heavy atom. The van der Waals surface area contributed by atoms with Gasteiger partial charge in [0.05, 0.1) is 5.69 Å². The first-order valence-electron chi connectivity index (χ1n) is 6.54. The van der Waals surface area contributed by atoms with Crippen molar-refractivity contribution in [3.05, 3.63) is 66.0 Å². The molecule has 0 aliphatic heterocycles. The van der Waals surface area contributed by atoms with E-state index < -0.39 is 27.8 Å². The van der Waals surface area contributed by atoms with E-state index in [0.717, 1.165) is 5.56 Å². The number of hydrogen-bond acceptors (Lipinski definition) is 2. The quantitative estimate of drug-likeness (QED) is 0.922. The lowest BCUT2D eigenvalue weighted by Crippen LogP contribution is -2.30. The third-order valence-corrected chi connectivity index (χ3v) is 4.67. The number of anilines is 1. The van der Waals surface area contributed by atoms with Gasteiger partial charge in [0, 0.05) is 16.6 Å². The van der Waals surface area contributed by atoms with Gasteiger partial charge in [-0.3, -0.25) is 9.00 Å². The standard InChI is InChI=1S/C16H16FNO2S/c1-12(21(20)11-13-7-3-2-4-8-13)16(19)18-15-10-6-5-9-14(15)17/h2-10,12H,11H2,1H3,(H,18,19). The maximum atomic E-state index is 13.5. The number of rotatable bonds is 5. The van der Waals surface area contributed by atoms with Crippen LogP contribution in [0.2, 0.25) is 0 Å². The van der Waals surface area contributed by atoms with E-state index in [-0.39, 0.29) is 5.69 Å². The molecule has 0 fully saturated rings. The predicted octanol–water partition coefficient (Wildman–Crippen LogP) is 3.10. The van der Waals surface area contributed by atoms with Crippen LogP contribution in [0.25, 0.3) is 0 Å². The molecule has 2 aromatic rings. The van der Waals surface area contributed by atoms with E-state index >= 15 is 0 Å². The van der Waals surface area contributed by atoms with Crippen LogP contribution >= 0.6 is 0 Å². The number of carbonyl (C=O) groups is 1. The summed E-state index contributed by atoms with van der Waals surface area (Å²) >= 11 is 0. The maximum Gasteiger partial charge on any atom is 0.239 e. The molecule has 110 valence electrons. The number of nitrogens with one attached hydrogen (secondary N) is 1. The topological polar surface area (TPSA) is 46.2 Å². The molecule has 2 atom stereocenters. The molecule has 1 N–H and O–H groups in total. The molecule has 0 heterocycles. The molecule has 2 unspecified atom stereocenters. The maximum absolute atomic E-state index is 13.5. The zero-order valence-corrected chi connectivity index (χ0v) is 12.4. The Bertz CT molecular complexity index is 646. The largest absolute Gasteiger partial charge is 0.323 e. The molecule has 5 heteroatoms. The van der Waals surface area contributed by atoms with Crippen molar-refractivity contribution in [2.24, 2.45) is 0 Å². The molecule has 2 aromatic carbocycles. The summed E-state index contributed by atoms with van der Waals surface area (Å²) in [5, 5.41) is 1.75. The molecule has 2 rings (SSSR count). The number of hydrogen-bond donors (Lipinski definition) is 1. The van der Waals surface area contributed by atoms with Crippen molar-refractivity contribution in [3.8, 4) is 0 Å². The molecule has 0 spiro atoms. The molecule has 21 heavy (non-hydrogen) atoms. The highest BCUT2D eigenvalue weighted by Gasteiger charge is 2.21. The smallest absolute Gasteiger partial charge is 0.239 e. The highest BCUT2D eigenvalue weighted by atomic mass is 32.2. The molecule has 3 nitrogen and oxygen atoms in total. The molecule has 0 saturated heterocycles. The van der Waals surface area contributed by atoms with Gasteiger partial charge >= 0.3 is 0 Å². The van der Waals surface area contributed by atoms with Gasteiger partial charge in [0.15, 0.2) is 0 Å². The highest BCUT2D eigenvalue weighted by Crippen LogP contribution is 2.14. The van der Waals surface area contributed by atoms with Gasteiger partial charge in [-0.1, -0.05) is 42.5 Å².